The van der Waals surface area contributed by atoms with E-state index in [0.717, 1.165) is 22.3 Å². The van der Waals surface area contributed by atoms with Gasteiger partial charge in [0.25, 0.3) is 5.69 Å². The van der Waals surface area contributed by atoms with Gasteiger partial charge in [0.05, 0.1) is 28.3 Å². The predicted octanol–water partition coefficient (Wildman–Crippen LogP) is 4.55. The van der Waals surface area contributed by atoms with Crippen LogP contribution in [0, 0.1) is 10.1 Å². The van der Waals surface area contributed by atoms with Crippen LogP contribution in [0.1, 0.15) is 0 Å². The second kappa shape index (κ2) is 6.10. The molecule has 0 aliphatic heterocycles. The van der Waals surface area contributed by atoms with Crippen molar-refractivity contribution in [3.05, 3.63) is 63.8 Å². The minimum absolute atomic E-state index is 0.0510. The Morgan fingerprint density at radius 2 is 2.00 bits per heavy atom. The molecule has 0 radical (unpaired) electrons. The van der Waals surface area contributed by atoms with Gasteiger partial charge in [-0.2, -0.15) is 0 Å². The molecule has 3 rings (SSSR count). The van der Waals surface area contributed by atoms with Crippen LogP contribution in [0.4, 0.5) is 17.1 Å². The van der Waals surface area contributed by atoms with Crippen LogP contribution in [0.15, 0.2) is 48.7 Å². The normalized spacial score (nSPS) is 10.5. The minimum Gasteiger partial charge on any atom is -0.497 e. The number of halogens is 1. The van der Waals surface area contributed by atoms with E-state index in [-0.39, 0.29) is 10.7 Å². The highest BCUT2D eigenvalue weighted by Gasteiger charge is 2.11. The van der Waals surface area contributed by atoms with Crippen LogP contribution < -0.4 is 10.1 Å². The van der Waals surface area contributed by atoms with Crippen LogP contribution in [-0.2, 0) is 0 Å². The number of ether oxygens (including phenoxy) is 1. The first-order chi connectivity index (χ1) is 11.1. The quantitative estimate of drug-likeness (QED) is 0.561. The largest absolute Gasteiger partial charge is 0.497 e. The zero-order chi connectivity index (χ0) is 16.4. The van der Waals surface area contributed by atoms with Gasteiger partial charge in [0, 0.05) is 35.5 Å². The Balaban J connectivity index is 2.00. The summed E-state index contributed by atoms with van der Waals surface area (Å²) in [6.07, 6.45) is 1.67. The highest BCUT2D eigenvalue weighted by molar-refractivity contribution is 6.33. The lowest BCUT2D eigenvalue weighted by molar-refractivity contribution is -0.384. The number of fused-ring (bicyclic) bond motifs is 1. The molecule has 0 saturated heterocycles. The Labute approximate surface area is 136 Å². The van der Waals surface area contributed by atoms with Crippen molar-refractivity contribution in [1.29, 1.82) is 0 Å². The average Bonchev–Trinajstić information content (AvgIpc) is 2.56. The number of benzene rings is 2. The van der Waals surface area contributed by atoms with Crippen molar-refractivity contribution in [3.63, 3.8) is 0 Å². The first kappa shape index (κ1) is 15.1. The van der Waals surface area contributed by atoms with E-state index in [2.05, 4.69) is 10.3 Å². The summed E-state index contributed by atoms with van der Waals surface area (Å²) >= 11 is 6.12. The van der Waals surface area contributed by atoms with Gasteiger partial charge in [-0.05, 0) is 24.3 Å². The number of nitrogens with zero attached hydrogens (tertiary/aromatic N) is 2. The molecule has 0 bridgehead atoms. The maximum Gasteiger partial charge on any atom is 0.271 e. The van der Waals surface area contributed by atoms with E-state index in [1.54, 1.807) is 19.4 Å². The molecule has 23 heavy (non-hydrogen) atoms. The maximum atomic E-state index is 10.8. The third kappa shape index (κ3) is 3.02. The van der Waals surface area contributed by atoms with Gasteiger partial charge in [0.2, 0.25) is 0 Å². The first-order valence-electron chi connectivity index (χ1n) is 6.72. The molecule has 0 saturated carbocycles. The van der Waals surface area contributed by atoms with E-state index >= 15 is 0 Å². The maximum absolute atomic E-state index is 10.8. The van der Waals surface area contributed by atoms with E-state index in [9.17, 15) is 10.1 Å². The van der Waals surface area contributed by atoms with Gasteiger partial charge in [-0.1, -0.05) is 11.6 Å². The molecule has 1 aromatic heterocycles. The summed E-state index contributed by atoms with van der Waals surface area (Å²) in [5.41, 5.74) is 2.10. The Hall–Kier alpha value is -2.86. The van der Waals surface area contributed by atoms with Gasteiger partial charge >= 0.3 is 0 Å². The fourth-order valence-electron chi connectivity index (χ4n) is 2.23. The van der Waals surface area contributed by atoms with Gasteiger partial charge in [-0.25, -0.2) is 0 Å². The summed E-state index contributed by atoms with van der Waals surface area (Å²) in [4.78, 5) is 14.6. The number of hydrogen-bond acceptors (Lipinski definition) is 5. The molecule has 1 heterocycles. The second-order valence-corrected chi connectivity index (χ2v) is 5.20. The number of methoxy groups -OCH3 is 1. The van der Waals surface area contributed by atoms with E-state index < -0.39 is 4.92 Å². The fourth-order valence-corrected chi connectivity index (χ4v) is 2.45. The standard InChI is InChI=1S/C16H12ClN3O3/c1-23-11-3-4-12-14(6-7-18-16(12)9-11)19-15-5-2-10(20(21)22)8-13(15)17/h2-9H,1H3,(H,18,19). The van der Waals surface area contributed by atoms with Gasteiger partial charge in [-0.15, -0.1) is 0 Å². The molecule has 3 aromatic rings. The number of anilines is 2. The Morgan fingerprint density at radius 1 is 1.17 bits per heavy atom. The average molecular weight is 330 g/mol. The topological polar surface area (TPSA) is 77.3 Å². The Bertz CT molecular complexity index is 899. The zero-order valence-corrected chi connectivity index (χ0v) is 12.9. The summed E-state index contributed by atoms with van der Waals surface area (Å²) in [5, 5.41) is 15.1. The predicted molar refractivity (Wildman–Crippen MR) is 89.7 cm³/mol. The summed E-state index contributed by atoms with van der Waals surface area (Å²) in [5.74, 6) is 0.718. The molecule has 0 spiro atoms. The lowest BCUT2D eigenvalue weighted by Crippen LogP contribution is -1.95. The van der Waals surface area contributed by atoms with Crippen molar-refractivity contribution >= 4 is 39.6 Å². The molecule has 6 nitrogen and oxygen atoms in total. The summed E-state index contributed by atoms with van der Waals surface area (Å²) in [6.45, 7) is 0. The molecule has 7 heteroatoms. The molecule has 116 valence electrons. The lowest BCUT2D eigenvalue weighted by Gasteiger charge is -2.11. The number of nitrogens with one attached hydrogen (secondary N) is 1. The highest BCUT2D eigenvalue weighted by Crippen LogP contribution is 2.32. The summed E-state index contributed by atoms with van der Waals surface area (Å²) in [7, 11) is 1.60. The van der Waals surface area contributed by atoms with Crippen LogP contribution in [0.2, 0.25) is 5.02 Å². The Kier molecular flexibility index (Phi) is 3.99. The molecule has 2 aromatic carbocycles. The molecule has 0 fully saturated rings. The molecular weight excluding hydrogens is 318 g/mol. The van der Waals surface area contributed by atoms with Crippen molar-refractivity contribution < 1.29 is 9.66 Å². The third-order valence-corrected chi connectivity index (χ3v) is 3.70. The van der Waals surface area contributed by atoms with E-state index in [1.807, 2.05) is 24.3 Å². The summed E-state index contributed by atoms with van der Waals surface area (Å²) < 4.78 is 5.19. The van der Waals surface area contributed by atoms with Crippen LogP contribution in [0.3, 0.4) is 0 Å². The minimum atomic E-state index is -0.482. The highest BCUT2D eigenvalue weighted by atomic mass is 35.5. The number of nitro groups is 1. The van der Waals surface area contributed by atoms with Crippen LogP contribution in [0.5, 0.6) is 5.75 Å². The third-order valence-electron chi connectivity index (χ3n) is 3.38. The number of nitro benzene ring substituents is 1. The monoisotopic (exact) mass is 329 g/mol. The number of hydrogen-bond donors (Lipinski definition) is 1. The van der Waals surface area contributed by atoms with Crippen LogP contribution in [0.25, 0.3) is 10.9 Å². The van der Waals surface area contributed by atoms with Crippen LogP contribution in [-0.4, -0.2) is 17.0 Å². The van der Waals surface area contributed by atoms with E-state index in [4.69, 9.17) is 16.3 Å². The van der Waals surface area contributed by atoms with E-state index in [1.165, 1.54) is 12.1 Å². The van der Waals surface area contributed by atoms with Crippen molar-refractivity contribution in [3.8, 4) is 5.75 Å². The fraction of sp³-hybridized carbons (Fsp3) is 0.0625. The van der Waals surface area contributed by atoms with Gasteiger partial charge in [0.15, 0.2) is 0 Å². The molecule has 0 atom stereocenters. The van der Waals surface area contributed by atoms with Crippen LogP contribution >= 0.6 is 11.6 Å². The number of rotatable bonds is 4. The summed E-state index contributed by atoms with van der Waals surface area (Å²) in [6, 6.07) is 11.7. The molecule has 1 N–H and O–H groups in total. The number of non-ortho nitro benzene ring substituents is 1. The van der Waals surface area contributed by atoms with Crippen molar-refractivity contribution in [1.82, 2.24) is 4.98 Å². The number of aromatic nitrogens is 1. The van der Waals surface area contributed by atoms with Crippen molar-refractivity contribution in [2.45, 2.75) is 0 Å². The molecule has 0 aliphatic carbocycles. The van der Waals surface area contributed by atoms with Crippen molar-refractivity contribution in [2.24, 2.45) is 0 Å². The smallest absolute Gasteiger partial charge is 0.271 e. The molecule has 0 unspecified atom stereocenters. The molecular formula is C16H12ClN3O3. The van der Waals surface area contributed by atoms with Gasteiger partial charge in [-0.3, -0.25) is 15.1 Å². The number of pyridine rings is 1. The lowest BCUT2D eigenvalue weighted by atomic mass is 10.1. The first-order valence-corrected chi connectivity index (χ1v) is 7.10. The van der Waals surface area contributed by atoms with Crippen molar-refractivity contribution in [2.75, 3.05) is 12.4 Å². The zero-order valence-electron chi connectivity index (χ0n) is 12.1. The SMILES string of the molecule is COc1ccc2c(Nc3ccc([N+](=O)[O-])cc3Cl)ccnc2c1. The van der Waals surface area contributed by atoms with Gasteiger partial charge in [0.1, 0.15) is 5.75 Å². The molecule has 0 aliphatic rings. The second-order valence-electron chi connectivity index (χ2n) is 4.79. The Morgan fingerprint density at radius 3 is 2.70 bits per heavy atom. The van der Waals surface area contributed by atoms with Gasteiger partial charge < -0.3 is 10.1 Å². The van der Waals surface area contributed by atoms with E-state index in [0.29, 0.717) is 5.69 Å². The molecule has 0 amide bonds.